The van der Waals surface area contributed by atoms with E-state index in [1.807, 2.05) is 13.0 Å². The molecule has 2 rings (SSSR count). The van der Waals surface area contributed by atoms with Crippen molar-refractivity contribution in [1.29, 1.82) is 0 Å². The standard InChI is InChI=1S/C16H25N3O2/c1-12(2)17-10-14-5-4-8-18(11-14)16-9-15(19(20)21)7-6-13(16)3/h6-7,9,12,14,17H,4-5,8,10-11H2,1-3H3. The molecule has 5 nitrogen and oxygen atoms in total. The van der Waals surface area contributed by atoms with Crippen molar-refractivity contribution in [3.8, 4) is 0 Å². The first-order valence-electron chi connectivity index (χ1n) is 7.70. The van der Waals surface area contributed by atoms with Crippen LogP contribution in [-0.4, -0.2) is 30.6 Å². The Bertz CT molecular complexity index is 502. The molecular formula is C16H25N3O2. The van der Waals surface area contributed by atoms with Crippen LogP contribution in [0.3, 0.4) is 0 Å². The molecule has 1 unspecified atom stereocenters. The summed E-state index contributed by atoms with van der Waals surface area (Å²) in [6.45, 7) is 9.32. The number of anilines is 1. The number of nitrogens with one attached hydrogen (secondary N) is 1. The van der Waals surface area contributed by atoms with E-state index in [2.05, 4.69) is 24.1 Å². The summed E-state index contributed by atoms with van der Waals surface area (Å²) in [5.41, 5.74) is 2.30. The molecule has 1 saturated heterocycles. The number of hydrogen-bond donors (Lipinski definition) is 1. The predicted octanol–water partition coefficient (Wildman–Crippen LogP) is 3.12. The van der Waals surface area contributed by atoms with Crippen LogP contribution >= 0.6 is 0 Å². The average Bonchev–Trinajstić information content (AvgIpc) is 2.45. The molecule has 116 valence electrons. The van der Waals surface area contributed by atoms with Crippen LogP contribution < -0.4 is 10.2 Å². The van der Waals surface area contributed by atoms with E-state index >= 15 is 0 Å². The van der Waals surface area contributed by atoms with Gasteiger partial charge in [-0.15, -0.1) is 0 Å². The molecule has 1 N–H and O–H groups in total. The van der Waals surface area contributed by atoms with Crippen molar-refractivity contribution in [2.45, 2.75) is 39.7 Å². The summed E-state index contributed by atoms with van der Waals surface area (Å²) >= 11 is 0. The van der Waals surface area contributed by atoms with Crippen LogP contribution in [0.15, 0.2) is 18.2 Å². The zero-order chi connectivity index (χ0) is 15.4. The van der Waals surface area contributed by atoms with Gasteiger partial charge < -0.3 is 10.2 Å². The molecule has 1 aliphatic heterocycles. The van der Waals surface area contributed by atoms with E-state index in [1.54, 1.807) is 12.1 Å². The molecule has 1 atom stereocenters. The third-order valence-corrected chi connectivity index (χ3v) is 4.08. The molecule has 1 aromatic rings. The smallest absolute Gasteiger partial charge is 0.271 e. The second-order valence-corrected chi connectivity index (χ2v) is 6.25. The second-order valence-electron chi connectivity index (χ2n) is 6.25. The molecule has 1 heterocycles. The molecule has 0 spiro atoms. The minimum absolute atomic E-state index is 0.179. The van der Waals surface area contributed by atoms with Gasteiger partial charge in [-0.1, -0.05) is 19.9 Å². The Labute approximate surface area is 126 Å². The van der Waals surface area contributed by atoms with E-state index in [0.717, 1.165) is 37.3 Å². The molecule has 1 fully saturated rings. The number of piperidine rings is 1. The van der Waals surface area contributed by atoms with Gasteiger partial charge in [0.15, 0.2) is 0 Å². The molecule has 0 radical (unpaired) electrons. The van der Waals surface area contributed by atoms with Crippen molar-refractivity contribution in [3.05, 3.63) is 33.9 Å². The van der Waals surface area contributed by atoms with E-state index in [4.69, 9.17) is 0 Å². The molecule has 0 amide bonds. The lowest BCUT2D eigenvalue weighted by atomic mass is 9.96. The highest BCUT2D eigenvalue weighted by molar-refractivity contribution is 5.59. The lowest BCUT2D eigenvalue weighted by Gasteiger charge is -2.35. The van der Waals surface area contributed by atoms with E-state index in [1.165, 1.54) is 6.42 Å². The normalized spacial score (nSPS) is 19.0. The van der Waals surface area contributed by atoms with Crippen LogP contribution in [0.25, 0.3) is 0 Å². The fraction of sp³-hybridized carbons (Fsp3) is 0.625. The molecule has 0 saturated carbocycles. The summed E-state index contributed by atoms with van der Waals surface area (Å²) in [5, 5.41) is 14.5. The minimum Gasteiger partial charge on any atom is -0.371 e. The van der Waals surface area contributed by atoms with Gasteiger partial charge in [0.1, 0.15) is 0 Å². The maximum absolute atomic E-state index is 11.0. The molecule has 1 aliphatic rings. The third-order valence-electron chi connectivity index (χ3n) is 4.08. The molecule has 0 aromatic heterocycles. The largest absolute Gasteiger partial charge is 0.371 e. The molecule has 21 heavy (non-hydrogen) atoms. The number of aryl methyl sites for hydroxylation is 1. The Hall–Kier alpha value is -1.62. The second kappa shape index (κ2) is 6.89. The lowest BCUT2D eigenvalue weighted by molar-refractivity contribution is -0.384. The van der Waals surface area contributed by atoms with E-state index in [9.17, 15) is 10.1 Å². The van der Waals surface area contributed by atoms with Crippen LogP contribution in [0.1, 0.15) is 32.3 Å². The van der Waals surface area contributed by atoms with E-state index in [0.29, 0.717) is 12.0 Å². The number of nitrogens with zero attached hydrogens (tertiary/aromatic N) is 2. The quantitative estimate of drug-likeness (QED) is 0.669. The van der Waals surface area contributed by atoms with Gasteiger partial charge in [0.25, 0.3) is 5.69 Å². The van der Waals surface area contributed by atoms with Crippen molar-refractivity contribution >= 4 is 11.4 Å². The Morgan fingerprint density at radius 3 is 2.90 bits per heavy atom. The summed E-state index contributed by atoms with van der Waals surface area (Å²) in [7, 11) is 0. The monoisotopic (exact) mass is 291 g/mol. The maximum atomic E-state index is 11.0. The first kappa shape index (κ1) is 15.8. The minimum atomic E-state index is -0.315. The van der Waals surface area contributed by atoms with Crippen molar-refractivity contribution < 1.29 is 4.92 Å². The summed E-state index contributed by atoms with van der Waals surface area (Å²) in [6, 6.07) is 5.65. The zero-order valence-electron chi connectivity index (χ0n) is 13.1. The highest BCUT2D eigenvalue weighted by Gasteiger charge is 2.22. The summed E-state index contributed by atoms with van der Waals surface area (Å²) < 4.78 is 0. The zero-order valence-corrected chi connectivity index (χ0v) is 13.1. The fourth-order valence-electron chi connectivity index (χ4n) is 2.90. The van der Waals surface area contributed by atoms with Gasteiger partial charge >= 0.3 is 0 Å². The van der Waals surface area contributed by atoms with Gasteiger partial charge in [-0.3, -0.25) is 10.1 Å². The van der Waals surface area contributed by atoms with Crippen molar-refractivity contribution in [2.24, 2.45) is 5.92 Å². The van der Waals surface area contributed by atoms with E-state index < -0.39 is 0 Å². The topological polar surface area (TPSA) is 58.4 Å². The first-order chi connectivity index (χ1) is 9.97. The number of hydrogen-bond acceptors (Lipinski definition) is 4. The SMILES string of the molecule is Cc1ccc([N+](=O)[O-])cc1N1CCCC(CNC(C)C)C1. The highest BCUT2D eigenvalue weighted by Crippen LogP contribution is 2.29. The molecular weight excluding hydrogens is 266 g/mol. The van der Waals surface area contributed by atoms with Gasteiger partial charge in [0, 0.05) is 37.0 Å². The van der Waals surface area contributed by atoms with Gasteiger partial charge in [-0.05, 0) is 37.8 Å². The van der Waals surface area contributed by atoms with E-state index in [-0.39, 0.29) is 10.6 Å². The van der Waals surface area contributed by atoms with Crippen molar-refractivity contribution in [2.75, 3.05) is 24.5 Å². The summed E-state index contributed by atoms with van der Waals surface area (Å²) in [6.07, 6.45) is 2.37. The van der Waals surface area contributed by atoms with Crippen LogP contribution in [0.2, 0.25) is 0 Å². The van der Waals surface area contributed by atoms with Crippen molar-refractivity contribution in [1.82, 2.24) is 5.32 Å². The van der Waals surface area contributed by atoms with Crippen LogP contribution in [0.5, 0.6) is 0 Å². The Morgan fingerprint density at radius 2 is 2.24 bits per heavy atom. The molecule has 5 heteroatoms. The first-order valence-corrected chi connectivity index (χ1v) is 7.70. The Balaban J connectivity index is 2.10. The highest BCUT2D eigenvalue weighted by atomic mass is 16.6. The molecule has 1 aromatic carbocycles. The number of benzene rings is 1. The van der Waals surface area contributed by atoms with Gasteiger partial charge in [0.2, 0.25) is 0 Å². The summed E-state index contributed by atoms with van der Waals surface area (Å²) in [4.78, 5) is 13.0. The Morgan fingerprint density at radius 1 is 1.48 bits per heavy atom. The number of nitro benzene ring substituents is 1. The van der Waals surface area contributed by atoms with Crippen LogP contribution in [0, 0.1) is 23.0 Å². The van der Waals surface area contributed by atoms with Gasteiger partial charge in [-0.2, -0.15) is 0 Å². The van der Waals surface area contributed by atoms with Crippen molar-refractivity contribution in [3.63, 3.8) is 0 Å². The average molecular weight is 291 g/mol. The fourth-order valence-corrected chi connectivity index (χ4v) is 2.90. The molecule has 0 aliphatic carbocycles. The number of non-ortho nitro benzene ring substituents is 1. The number of nitro groups is 1. The van der Waals surface area contributed by atoms with Crippen LogP contribution in [0.4, 0.5) is 11.4 Å². The third kappa shape index (κ3) is 4.17. The predicted molar refractivity (Wildman–Crippen MR) is 85.9 cm³/mol. The summed E-state index contributed by atoms with van der Waals surface area (Å²) in [5.74, 6) is 0.611. The van der Waals surface area contributed by atoms with Gasteiger partial charge in [0.05, 0.1) is 4.92 Å². The number of rotatable bonds is 5. The van der Waals surface area contributed by atoms with Crippen LogP contribution in [-0.2, 0) is 0 Å². The lowest BCUT2D eigenvalue weighted by Crippen LogP contribution is -2.41. The van der Waals surface area contributed by atoms with Gasteiger partial charge in [-0.25, -0.2) is 0 Å². The Kier molecular flexibility index (Phi) is 5.17. The molecule has 0 bridgehead atoms. The maximum Gasteiger partial charge on any atom is 0.271 e.